The number of nitrogens with zero attached hydrogens (tertiary/aromatic N) is 6. The second-order valence-corrected chi connectivity index (χ2v) is 10.7. The summed E-state index contributed by atoms with van der Waals surface area (Å²) in [5.74, 6) is 0.392. The smallest absolute Gasteiger partial charge is 0.151 e. The fourth-order valence-electron chi connectivity index (χ4n) is 5.72. The van der Waals surface area contributed by atoms with Crippen molar-refractivity contribution in [1.82, 2.24) is 19.9 Å². The molecule has 4 aromatic rings. The Morgan fingerprint density at radius 3 is 1.34 bits per heavy atom. The fourth-order valence-corrected chi connectivity index (χ4v) is 5.72. The van der Waals surface area contributed by atoms with Crippen LogP contribution in [0.4, 0.5) is 20.2 Å². The van der Waals surface area contributed by atoms with Crippen LogP contribution in [0.15, 0.2) is 49.1 Å². The van der Waals surface area contributed by atoms with E-state index in [4.69, 9.17) is 11.5 Å². The lowest BCUT2D eigenvalue weighted by atomic mass is 9.96. The van der Waals surface area contributed by atoms with E-state index in [1.807, 2.05) is 0 Å². The molecule has 4 unspecified atom stereocenters. The average molecular weight is 521 g/mol. The minimum atomic E-state index is -0.332. The van der Waals surface area contributed by atoms with Crippen molar-refractivity contribution in [3.63, 3.8) is 0 Å². The van der Waals surface area contributed by atoms with Crippen molar-refractivity contribution in [2.24, 2.45) is 23.3 Å². The largest absolute Gasteiger partial charge is 0.368 e. The minimum absolute atomic E-state index is 0.153. The molecule has 0 saturated carbocycles. The first kappa shape index (κ1) is 26.1. The molecule has 2 aromatic carbocycles. The highest BCUT2D eigenvalue weighted by Gasteiger charge is 2.25. The fraction of sp³-hybridized carbons (Fsp3) is 0.429. The van der Waals surface area contributed by atoms with Crippen LogP contribution in [0.1, 0.15) is 26.7 Å². The Kier molecular flexibility index (Phi) is 7.62. The molecule has 6 rings (SSSR count). The number of rotatable bonds is 2. The zero-order chi connectivity index (χ0) is 26.8. The quantitative estimate of drug-likeness (QED) is 0.410. The standard InChI is InChI=1S/2C14H17FN4/c2*1-9-6-10(16)8-19(7-9)12-3-2-11(15)13-14(12)18-5-4-17-13/h2*2-5,9-10H,6-8,16H2,1H3. The topological polar surface area (TPSA) is 110 Å². The predicted molar refractivity (Wildman–Crippen MR) is 147 cm³/mol. The van der Waals surface area contributed by atoms with Gasteiger partial charge >= 0.3 is 0 Å². The normalized spacial score (nSPS) is 23.8. The van der Waals surface area contributed by atoms with Gasteiger partial charge in [0.2, 0.25) is 0 Å². The van der Waals surface area contributed by atoms with E-state index in [0.717, 1.165) is 50.4 Å². The predicted octanol–water partition coefficient (Wildman–Crippen LogP) is 3.88. The van der Waals surface area contributed by atoms with Gasteiger partial charge in [0.15, 0.2) is 11.6 Å². The Morgan fingerprint density at radius 2 is 0.974 bits per heavy atom. The first-order valence-corrected chi connectivity index (χ1v) is 13.1. The zero-order valence-electron chi connectivity index (χ0n) is 21.8. The molecule has 0 spiro atoms. The van der Waals surface area contributed by atoms with Crippen LogP contribution in [-0.4, -0.2) is 58.2 Å². The number of hydrogen-bond donors (Lipinski definition) is 2. The number of fused-ring (bicyclic) bond motifs is 2. The van der Waals surface area contributed by atoms with Gasteiger partial charge < -0.3 is 21.3 Å². The Balaban J connectivity index is 0.000000155. The third-order valence-corrected chi connectivity index (χ3v) is 7.17. The van der Waals surface area contributed by atoms with Crippen molar-refractivity contribution in [2.45, 2.75) is 38.8 Å². The van der Waals surface area contributed by atoms with Crippen molar-refractivity contribution in [3.8, 4) is 0 Å². The lowest BCUT2D eigenvalue weighted by Gasteiger charge is -2.36. The number of anilines is 2. The van der Waals surface area contributed by atoms with E-state index >= 15 is 0 Å². The maximum absolute atomic E-state index is 13.7. The molecule has 0 amide bonds. The van der Waals surface area contributed by atoms with Crippen molar-refractivity contribution in [1.29, 1.82) is 0 Å². The highest BCUT2D eigenvalue weighted by atomic mass is 19.1. The van der Waals surface area contributed by atoms with Gasteiger partial charge in [0.1, 0.15) is 22.1 Å². The van der Waals surface area contributed by atoms with Crippen LogP contribution in [-0.2, 0) is 0 Å². The molecule has 0 aliphatic carbocycles. The van der Waals surface area contributed by atoms with Crippen LogP contribution in [0.3, 0.4) is 0 Å². The summed E-state index contributed by atoms with van der Waals surface area (Å²) in [4.78, 5) is 21.1. The summed E-state index contributed by atoms with van der Waals surface area (Å²) < 4.78 is 27.5. The number of benzene rings is 2. The molecule has 10 heteroatoms. The van der Waals surface area contributed by atoms with Crippen LogP contribution >= 0.6 is 0 Å². The van der Waals surface area contributed by atoms with E-state index < -0.39 is 0 Å². The van der Waals surface area contributed by atoms with E-state index in [1.54, 1.807) is 24.5 Å². The highest BCUT2D eigenvalue weighted by Crippen LogP contribution is 2.30. The molecular weight excluding hydrogens is 486 g/mol. The molecule has 2 fully saturated rings. The van der Waals surface area contributed by atoms with Crippen LogP contribution in [0.2, 0.25) is 0 Å². The van der Waals surface area contributed by atoms with E-state index in [2.05, 4.69) is 43.6 Å². The highest BCUT2D eigenvalue weighted by molar-refractivity contribution is 5.89. The maximum atomic E-state index is 13.7. The second-order valence-electron chi connectivity index (χ2n) is 10.7. The summed E-state index contributed by atoms with van der Waals surface area (Å²) in [5, 5.41) is 0. The van der Waals surface area contributed by atoms with Gasteiger partial charge in [-0.15, -0.1) is 0 Å². The molecule has 2 aliphatic heterocycles. The summed E-state index contributed by atoms with van der Waals surface area (Å²) in [6.45, 7) is 7.77. The molecule has 4 atom stereocenters. The number of nitrogens with two attached hydrogens (primary N) is 2. The van der Waals surface area contributed by atoms with Gasteiger partial charge in [-0.25, -0.2) is 18.7 Å². The van der Waals surface area contributed by atoms with Gasteiger partial charge in [-0.3, -0.25) is 9.97 Å². The van der Waals surface area contributed by atoms with Crippen molar-refractivity contribution >= 4 is 33.4 Å². The van der Waals surface area contributed by atoms with Gasteiger partial charge in [0.05, 0.1) is 11.4 Å². The molecule has 200 valence electrons. The summed E-state index contributed by atoms with van der Waals surface area (Å²) >= 11 is 0. The van der Waals surface area contributed by atoms with Gasteiger partial charge in [-0.1, -0.05) is 13.8 Å². The summed E-state index contributed by atoms with van der Waals surface area (Å²) in [5.41, 5.74) is 15.9. The number of piperidine rings is 2. The maximum Gasteiger partial charge on any atom is 0.151 e. The van der Waals surface area contributed by atoms with Gasteiger partial charge in [-0.05, 0) is 48.9 Å². The number of hydrogen-bond acceptors (Lipinski definition) is 8. The molecule has 4 N–H and O–H groups in total. The molecule has 8 nitrogen and oxygen atoms in total. The molecule has 0 radical (unpaired) electrons. The van der Waals surface area contributed by atoms with E-state index in [1.165, 1.54) is 24.5 Å². The average Bonchev–Trinajstić information content (AvgIpc) is 2.89. The van der Waals surface area contributed by atoms with Gasteiger partial charge in [-0.2, -0.15) is 0 Å². The van der Waals surface area contributed by atoms with Crippen LogP contribution in [0, 0.1) is 23.5 Å². The number of halogens is 2. The van der Waals surface area contributed by atoms with Crippen LogP contribution < -0.4 is 21.3 Å². The molecule has 2 aliphatic rings. The Bertz CT molecular complexity index is 1290. The van der Waals surface area contributed by atoms with Crippen molar-refractivity contribution < 1.29 is 8.78 Å². The zero-order valence-corrected chi connectivity index (χ0v) is 21.8. The molecule has 38 heavy (non-hydrogen) atoms. The van der Waals surface area contributed by atoms with E-state index in [0.29, 0.717) is 33.9 Å². The Labute approximate surface area is 221 Å². The summed E-state index contributed by atoms with van der Waals surface area (Å²) in [6, 6.07) is 6.77. The SMILES string of the molecule is CC1CC(N)CN(c2ccc(F)c3nccnc23)C1.CC1CC(N)CN(c2ccc(F)c3nccnc23)C1. The van der Waals surface area contributed by atoms with Crippen molar-refractivity contribution in [3.05, 3.63) is 60.7 Å². The van der Waals surface area contributed by atoms with Crippen molar-refractivity contribution in [2.75, 3.05) is 36.0 Å². The molecule has 2 saturated heterocycles. The Hall–Kier alpha value is -3.50. The minimum Gasteiger partial charge on any atom is -0.368 e. The Morgan fingerprint density at radius 1 is 0.605 bits per heavy atom. The van der Waals surface area contributed by atoms with Gasteiger partial charge in [0, 0.05) is 63.1 Å². The van der Waals surface area contributed by atoms with E-state index in [-0.39, 0.29) is 23.7 Å². The van der Waals surface area contributed by atoms with Crippen LogP contribution in [0.5, 0.6) is 0 Å². The lowest BCUT2D eigenvalue weighted by Crippen LogP contribution is -2.46. The lowest BCUT2D eigenvalue weighted by molar-refractivity contribution is 0.402. The molecule has 4 heterocycles. The monoisotopic (exact) mass is 520 g/mol. The second kappa shape index (κ2) is 11.1. The molecule has 2 aromatic heterocycles. The van der Waals surface area contributed by atoms with Crippen LogP contribution in [0.25, 0.3) is 22.1 Å². The first-order valence-electron chi connectivity index (χ1n) is 13.1. The summed E-state index contributed by atoms with van der Waals surface area (Å²) in [6.07, 6.45) is 8.28. The first-order chi connectivity index (χ1) is 18.3. The summed E-state index contributed by atoms with van der Waals surface area (Å²) in [7, 11) is 0. The third kappa shape index (κ3) is 5.51. The third-order valence-electron chi connectivity index (χ3n) is 7.17. The number of aromatic nitrogens is 4. The van der Waals surface area contributed by atoms with E-state index in [9.17, 15) is 8.78 Å². The molecular formula is C28H34F2N8. The molecule has 0 bridgehead atoms. The van der Waals surface area contributed by atoms with Gasteiger partial charge in [0.25, 0.3) is 0 Å².